The van der Waals surface area contributed by atoms with Crippen LogP contribution in [0.25, 0.3) is 0 Å². The summed E-state index contributed by atoms with van der Waals surface area (Å²) in [5.74, 6) is -0.590. The van der Waals surface area contributed by atoms with Gasteiger partial charge in [-0.05, 0) is 0 Å². The van der Waals surface area contributed by atoms with Gasteiger partial charge in [0.1, 0.15) is 5.56 Å². The number of rotatable bonds is 3. The fraction of sp³-hybridized carbons (Fsp3) is 0.286. The Bertz CT molecular complexity index is 397. The Hall–Kier alpha value is -1.83. The molecule has 0 aliphatic carbocycles. The molecule has 0 unspecified atom stereocenters. The van der Waals surface area contributed by atoms with Gasteiger partial charge < -0.3 is 10.8 Å². The number of nitrogen functional groups attached to an aromatic ring is 1. The van der Waals surface area contributed by atoms with Crippen molar-refractivity contribution in [3.63, 3.8) is 0 Å². The molecule has 0 aliphatic heterocycles. The highest BCUT2D eigenvalue weighted by Crippen LogP contribution is 2.34. The molecule has 3 N–H and O–H groups in total. The standard InChI is InChI=1S/C7H7F2N3O3/c8-6(9)4-3(2-13)1-11-7(10)5(4)12(14)15/h1,6,13H,2H2,(H2,10,11). The van der Waals surface area contributed by atoms with Gasteiger partial charge in [-0.3, -0.25) is 10.1 Å². The fourth-order valence-electron chi connectivity index (χ4n) is 1.13. The minimum atomic E-state index is -3.09. The van der Waals surface area contributed by atoms with Crippen LogP contribution < -0.4 is 5.73 Å². The first-order valence-electron chi connectivity index (χ1n) is 3.79. The van der Waals surface area contributed by atoms with E-state index in [0.29, 0.717) is 0 Å². The lowest BCUT2D eigenvalue weighted by atomic mass is 10.1. The summed E-state index contributed by atoms with van der Waals surface area (Å²) in [5, 5.41) is 19.2. The fourth-order valence-corrected chi connectivity index (χ4v) is 1.13. The van der Waals surface area contributed by atoms with E-state index in [9.17, 15) is 18.9 Å². The Kier molecular flexibility index (Phi) is 3.10. The topological polar surface area (TPSA) is 102 Å². The zero-order valence-electron chi connectivity index (χ0n) is 7.35. The SMILES string of the molecule is Nc1ncc(CO)c(C(F)F)c1[N+](=O)[O-]. The van der Waals surface area contributed by atoms with Gasteiger partial charge >= 0.3 is 5.69 Å². The maximum Gasteiger partial charge on any atom is 0.320 e. The van der Waals surface area contributed by atoms with Gasteiger partial charge in [0.05, 0.1) is 11.5 Å². The third-order valence-corrected chi connectivity index (χ3v) is 1.77. The first kappa shape index (κ1) is 11.2. The molecule has 1 heterocycles. The first-order chi connectivity index (χ1) is 6.99. The highest BCUT2D eigenvalue weighted by molar-refractivity contribution is 5.60. The van der Waals surface area contributed by atoms with Crippen molar-refractivity contribution in [2.45, 2.75) is 13.0 Å². The van der Waals surface area contributed by atoms with E-state index in [2.05, 4.69) is 4.98 Å². The van der Waals surface area contributed by atoms with Crippen LogP contribution in [0.4, 0.5) is 20.3 Å². The minimum absolute atomic E-state index is 0.300. The van der Waals surface area contributed by atoms with Crippen molar-refractivity contribution in [2.24, 2.45) is 0 Å². The van der Waals surface area contributed by atoms with E-state index in [1.165, 1.54) is 0 Å². The number of halogens is 2. The molecule has 6 nitrogen and oxygen atoms in total. The maximum absolute atomic E-state index is 12.5. The van der Waals surface area contributed by atoms with Gasteiger partial charge in [-0.25, -0.2) is 13.8 Å². The van der Waals surface area contributed by atoms with Gasteiger partial charge in [0.25, 0.3) is 6.43 Å². The summed E-state index contributed by atoms with van der Waals surface area (Å²) in [6.07, 6.45) is -2.19. The van der Waals surface area contributed by atoms with E-state index in [4.69, 9.17) is 10.8 Å². The predicted octanol–water partition coefficient (Wildman–Crippen LogP) is 1.00. The van der Waals surface area contributed by atoms with Crippen LogP contribution in [0.15, 0.2) is 6.20 Å². The Morgan fingerprint density at radius 1 is 1.67 bits per heavy atom. The van der Waals surface area contributed by atoms with Gasteiger partial charge in [0.2, 0.25) is 5.82 Å². The molecule has 0 aromatic carbocycles. The number of nitro groups is 1. The van der Waals surface area contributed by atoms with Crippen molar-refractivity contribution in [3.8, 4) is 0 Å². The normalized spacial score (nSPS) is 10.7. The predicted molar refractivity (Wildman–Crippen MR) is 46.2 cm³/mol. The number of hydrogen-bond acceptors (Lipinski definition) is 5. The van der Waals surface area contributed by atoms with Gasteiger partial charge in [-0.15, -0.1) is 0 Å². The number of hydrogen-bond donors (Lipinski definition) is 2. The minimum Gasteiger partial charge on any atom is -0.392 e. The number of nitrogens with two attached hydrogens (primary N) is 1. The third-order valence-electron chi connectivity index (χ3n) is 1.77. The Labute approximate surface area is 82.5 Å². The largest absolute Gasteiger partial charge is 0.392 e. The summed E-state index contributed by atoms with van der Waals surface area (Å²) in [5.41, 5.74) is 2.99. The van der Waals surface area contributed by atoms with Crippen molar-refractivity contribution in [3.05, 3.63) is 27.4 Å². The van der Waals surface area contributed by atoms with Crippen molar-refractivity contribution in [2.75, 3.05) is 5.73 Å². The van der Waals surface area contributed by atoms with Crippen LogP contribution in [0.3, 0.4) is 0 Å². The monoisotopic (exact) mass is 219 g/mol. The second kappa shape index (κ2) is 4.13. The molecule has 0 spiro atoms. The van der Waals surface area contributed by atoms with Gasteiger partial charge in [0, 0.05) is 11.8 Å². The molecule has 0 atom stereocenters. The van der Waals surface area contributed by atoms with Gasteiger partial charge in [0.15, 0.2) is 0 Å². The highest BCUT2D eigenvalue weighted by atomic mass is 19.3. The van der Waals surface area contributed by atoms with Crippen molar-refractivity contribution in [1.82, 2.24) is 4.98 Å². The number of alkyl halides is 2. The lowest BCUT2D eigenvalue weighted by Crippen LogP contribution is -2.07. The molecule has 0 saturated carbocycles. The zero-order valence-corrected chi connectivity index (χ0v) is 7.35. The molecule has 15 heavy (non-hydrogen) atoms. The number of aliphatic hydroxyl groups excluding tert-OH is 1. The second-order valence-electron chi connectivity index (χ2n) is 2.65. The summed E-state index contributed by atoms with van der Waals surface area (Å²) in [4.78, 5) is 12.8. The molecule has 1 aromatic heterocycles. The van der Waals surface area contributed by atoms with E-state index in [-0.39, 0.29) is 5.56 Å². The van der Waals surface area contributed by atoms with E-state index < -0.39 is 35.0 Å². The number of pyridine rings is 1. The molecule has 0 amide bonds. The van der Waals surface area contributed by atoms with E-state index in [1.807, 2.05) is 0 Å². The lowest BCUT2D eigenvalue weighted by molar-refractivity contribution is -0.385. The summed E-state index contributed by atoms with van der Waals surface area (Å²) >= 11 is 0. The molecule has 0 aliphatic rings. The van der Waals surface area contributed by atoms with Crippen LogP contribution >= 0.6 is 0 Å². The number of nitrogens with zero attached hydrogens (tertiary/aromatic N) is 2. The Balaban J connectivity index is 3.51. The molecular weight excluding hydrogens is 212 g/mol. The maximum atomic E-state index is 12.5. The van der Waals surface area contributed by atoms with Crippen LogP contribution in [0.1, 0.15) is 17.6 Å². The molecule has 8 heteroatoms. The van der Waals surface area contributed by atoms with Crippen molar-refractivity contribution >= 4 is 11.5 Å². The summed E-state index contributed by atoms with van der Waals surface area (Å²) in [7, 11) is 0. The molecule has 0 bridgehead atoms. The number of anilines is 1. The second-order valence-corrected chi connectivity index (χ2v) is 2.65. The molecule has 0 radical (unpaired) electrons. The molecule has 82 valence electrons. The Morgan fingerprint density at radius 3 is 2.67 bits per heavy atom. The van der Waals surface area contributed by atoms with Crippen LogP contribution in [0.5, 0.6) is 0 Å². The first-order valence-corrected chi connectivity index (χ1v) is 3.79. The van der Waals surface area contributed by atoms with Crippen molar-refractivity contribution < 1.29 is 18.8 Å². The average molecular weight is 219 g/mol. The summed E-state index contributed by atoms with van der Waals surface area (Å²) in [6, 6.07) is 0. The van der Waals surface area contributed by atoms with Crippen LogP contribution in [-0.2, 0) is 6.61 Å². The van der Waals surface area contributed by atoms with Crippen LogP contribution in [0.2, 0.25) is 0 Å². The van der Waals surface area contributed by atoms with Gasteiger partial charge in [-0.2, -0.15) is 0 Å². The van der Waals surface area contributed by atoms with Crippen LogP contribution in [0, 0.1) is 10.1 Å². The average Bonchev–Trinajstić information content (AvgIpc) is 2.16. The van der Waals surface area contributed by atoms with Crippen molar-refractivity contribution in [1.29, 1.82) is 0 Å². The molecule has 0 saturated heterocycles. The number of aromatic nitrogens is 1. The quantitative estimate of drug-likeness (QED) is 0.583. The molecule has 0 fully saturated rings. The van der Waals surface area contributed by atoms with E-state index in [0.717, 1.165) is 6.20 Å². The number of aliphatic hydroxyl groups is 1. The molecule has 1 rings (SSSR count). The third kappa shape index (κ3) is 1.99. The van der Waals surface area contributed by atoms with Crippen LogP contribution in [-0.4, -0.2) is 15.0 Å². The zero-order chi connectivity index (χ0) is 11.6. The molecular formula is C7H7F2N3O3. The smallest absolute Gasteiger partial charge is 0.320 e. The highest BCUT2D eigenvalue weighted by Gasteiger charge is 2.28. The Morgan fingerprint density at radius 2 is 2.27 bits per heavy atom. The van der Waals surface area contributed by atoms with E-state index >= 15 is 0 Å². The summed E-state index contributed by atoms with van der Waals surface area (Å²) in [6.45, 7) is -0.756. The lowest BCUT2D eigenvalue weighted by Gasteiger charge is -2.07. The van der Waals surface area contributed by atoms with Gasteiger partial charge in [-0.1, -0.05) is 0 Å². The van der Waals surface area contributed by atoms with E-state index in [1.54, 1.807) is 0 Å². The summed E-state index contributed by atoms with van der Waals surface area (Å²) < 4.78 is 25.0. The molecule has 1 aromatic rings.